The topological polar surface area (TPSA) is 105 Å². The molecule has 8 heteroatoms. The van der Waals surface area contributed by atoms with Crippen LogP contribution in [0.2, 0.25) is 0 Å². The summed E-state index contributed by atoms with van der Waals surface area (Å²) >= 11 is 4.26. The normalized spacial score (nSPS) is 12.4. The van der Waals surface area contributed by atoms with Gasteiger partial charge in [0.05, 0.1) is 5.92 Å². The van der Waals surface area contributed by atoms with Crippen LogP contribution >= 0.6 is 12.6 Å². The molecular weight excluding hydrogens is 428 g/mol. The van der Waals surface area contributed by atoms with E-state index in [2.05, 4.69) is 23.3 Å². The highest BCUT2D eigenvalue weighted by atomic mass is 32.1. The summed E-state index contributed by atoms with van der Waals surface area (Å²) in [5, 5.41) is 14.7. The van der Waals surface area contributed by atoms with E-state index in [0.717, 1.165) is 11.1 Å². The number of carbonyl (C=O) groups excluding carboxylic acids is 2. The minimum atomic E-state index is -1.08. The van der Waals surface area contributed by atoms with Gasteiger partial charge in [0.25, 0.3) is 0 Å². The first-order valence-corrected chi connectivity index (χ1v) is 11.3. The van der Waals surface area contributed by atoms with Crippen molar-refractivity contribution < 1.29 is 24.2 Å². The van der Waals surface area contributed by atoms with E-state index in [1.54, 1.807) is 0 Å². The number of carbonyl (C=O) groups is 3. The predicted molar refractivity (Wildman–Crippen MR) is 126 cm³/mol. The molecule has 0 bridgehead atoms. The third-order valence-corrected chi connectivity index (χ3v) is 5.37. The van der Waals surface area contributed by atoms with Gasteiger partial charge in [-0.2, -0.15) is 12.6 Å². The van der Waals surface area contributed by atoms with Crippen molar-refractivity contribution >= 4 is 30.6 Å². The lowest BCUT2D eigenvalue weighted by atomic mass is 9.99. The van der Waals surface area contributed by atoms with Gasteiger partial charge in [-0.05, 0) is 36.8 Å². The average molecular weight is 459 g/mol. The van der Waals surface area contributed by atoms with Crippen molar-refractivity contribution in [2.45, 2.75) is 38.3 Å². The van der Waals surface area contributed by atoms with Crippen LogP contribution < -0.4 is 10.6 Å². The lowest BCUT2D eigenvalue weighted by Crippen LogP contribution is -2.44. The maximum atomic E-state index is 12.6. The Morgan fingerprint density at radius 3 is 2.16 bits per heavy atom. The van der Waals surface area contributed by atoms with Crippen LogP contribution in [0.5, 0.6) is 0 Å². The highest BCUT2D eigenvalue weighted by Gasteiger charge is 2.24. The Kier molecular flexibility index (Phi) is 11.2. The van der Waals surface area contributed by atoms with Crippen LogP contribution in [0.15, 0.2) is 60.7 Å². The fourth-order valence-electron chi connectivity index (χ4n) is 3.12. The van der Waals surface area contributed by atoms with Crippen LogP contribution in [0, 0.1) is 5.92 Å². The Morgan fingerprint density at radius 2 is 1.56 bits per heavy atom. The van der Waals surface area contributed by atoms with Crippen LogP contribution in [0.4, 0.5) is 4.79 Å². The minimum absolute atomic E-state index is 0.190. The van der Waals surface area contributed by atoms with Crippen molar-refractivity contribution in [2.75, 3.05) is 12.3 Å². The van der Waals surface area contributed by atoms with Gasteiger partial charge < -0.3 is 20.5 Å². The second kappa shape index (κ2) is 14.1. The first-order chi connectivity index (χ1) is 15.5. The number of benzene rings is 2. The Morgan fingerprint density at radius 1 is 0.938 bits per heavy atom. The summed E-state index contributed by atoms with van der Waals surface area (Å²) in [6, 6.07) is 17.9. The fourth-order valence-corrected chi connectivity index (χ4v) is 3.42. The number of unbranched alkanes of at least 4 members (excludes halogenated alkanes) is 1. The van der Waals surface area contributed by atoms with Gasteiger partial charge in [-0.3, -0.25) is 4.79 Å². The third-order valence-electron chi connectivity index (χ3n) is 4.93. The first kappa shape index (κ1) is 25.3. The zero-order valence-electron chi connectivity index (χ0n) is 17.9. The van der Waals surface area contributed by atoms with E-state index in [1.807, 2.05) is 60.7 Å². The fraction of sp³-hybridized carbons (Fsp3) is 0.375. The number of alkyl carbamates (subject to hydrolysis) is 1. The summed E-state index contributed by atoms with van der Waals surface area (Å²) in [7, 11) is 0. The highest BCUT2D eigenvalue weighted by Crippen LogP contribution is 2.12. The molecule has 0 aliphatic heterocycles. The summed E-state index contributed by atoms with van der Waals surface area (Å²) in [6.07, 6.45) is 1.35. The Labute approximate surface area is 194 Å². The summed E-state index contributed by atoms with van der Waals surface area (Å²) < 4.78 is 5.13. The van der Waals surface area contributed by atoms with E-state index >= 15 is 0 Å². The Hall–Kier alpha value is -3.00. The zero-order chi connectivity index (χ0) is 23.2. The molecule has 0 aromatic heterocycles. The number of hydrogen-bond donors (Lipinski definition) is 4. The van der Waals surface area contributed by atoms with Crippen LogP contribution in [0.3, 0.4) is 0 Å². The molecule has 0 spiro atoms. The Bertz CT molecular complexity index is 848. The molecule has 7 nitrogen and oxygen atoms in total. The molecule has 2 aromatic carbocycles. The molecule has 0 radical (unpaired) electrons. The second-order valence-electron chi connectivity index (χ2n) is 7.45. The molecule has 0 saturated heterocycles. The number of carboxylic acid groups (broad SMARTS) is 1. The molecule has 3 N–H and O–H groups in total. The molecule has 0 fully saturated rings. The van der Waals surface area contributed by atoms with Gasteiger partial charge in [0.1, 0.15) is 12.6 Å². The summed E-state index contributed by atoms with van der Waals surface area (Å²) in [6.45, 7) is 0.552. The van der Waals surface area contributed by atoms with Gasteiger partial charge in [-0.15, -0.1) is 0 Å². The number of carboxylic acids is 1. The number of aliphatic carboxylic acids is 1. The smallest absolute Gasteiger partial charge is 0.407 e. The van der Waals surface area contributed by atoms with E-state index < -0.39 is 24.0 Å². The first-order valence-electron chi connectivity index (χ1n) is 10.6. The zero-order valence-corrected chi connectivity index (χ0v) is 18.8. The van der Waals surface area contributed by atoms with Crippen molar-refractivity contribution in [3.05, 3.63) is 71.8 Å². The SMILES string of the molecule is O=C(NCCCC[C@H](NC(=O)C(CS)Cc1ccccc1)C(=O)O)OCc1ccccc1. The van der Waals surface area contributed by atoms with Gasteiger partial charge in [0.2, 0.25) is 5.91 Å². The quantitative estimate of drug-likeness (QED) is 0.272. The van der Waals surface area contributed by atoms with Gasteiger partial charge in [-0.1, -0.05) is 60.7 Å². The Balaban J connectivity index is 1.68. The van der Waals surface area contributed by atoms with Crippen molar-refractivity contribution in [3.8, 4) is 0 Å². The molecule has 1 unspecified atom stereocenters. The monoisotopic (exact) mass is 458 g/mol. The van der Waals surface area contributed by atoms with Crippen molar-refractivity contribution in [1.29, 1.82) is 0 Å². The van der Waals surface area contributed by atoms with Gasteiger partial charge in [0, 0.05) is 12.3 Å². The molecule has 2 rings (SSSR count). The van der Waals surface area contributed by atoms with E-state index in [1.165, 1.54) is 0 Å². The number of ether oxygens (including phenoxy) is 1. The number of nitrogens with one attached hydrogen (secondary N) is 2. The highest BCUT2D eigenvalue weighted by molar-refractivity contribution is 7.80. The van der Waals surface area contributed by atoms with Gasteiger partial charge >= 0.3 is 12.1 Å². The van der Waals surface area contributed by atoms with E-state index in [4.69, 9.17) is 4.74 Å². The number of thiol groups is 1. The number of amides is 2. The van der Waals surface area contributed by atoms with Crippen molar-refractivity contribution in [1.82, 2.24) is 10.6 Å². The maximum absolute atomic E-state index is 12.6. The van der Waals surface area contributed by atoms with Crippen LogP contribution in [0.1, 0.15) is 30.4 Å². The van der Waals surface area contributed by atoms with Crippen LogP contribution in [0.25, 0.3) is 0 Å². The second-order valence-corrected chi connectivity index (χ2v) is 7.82. The summed E-state index contributed by atoms with van der Waals surface area (Å²) in [4.78, 5) is 35.9. The molecule has 0 aliphatic rings. The lowest BCUT2D eigenvalue weighted by Gasteiger charge is -2.19. The largest absolute Gasteiger partial charge is 0.480 e. The maximum Gasteiger partial charge on any atom is 0.407 e. The van der Waals surface area contributed by atoms with Crippen LogP contribution in [-0.4, -0.2) is 41.4 Å². The lowest BCUT2D eigenvalue weighted by molar-refractivity contribution is -0.142. The molecule has 2 aromatic rings. The van der Waals surface area contributed by atoms with Crippen LogP contribution in [-0.2, 0) is 27.4 Å². The standard InChI is InChI=1S/C24H30N2O5S/c27-22(20(17-32)15-18-9-3-1-4-10-18)26-21(23(28)29)13-7-8-14-25-24(30)31-16-19-11-5-2-6-12-19/h1-6,9-12,20-21,32H,7-8,13-17H2,(H,25,30)(H,26,27)(H,28,29)/t20?,21-/m0/s1. The molecule has 2 amide bonds. The third kappa shape index (κ3) is 9.43. The summed E-state index contributed by atoms with van der Waals surface area (Å²) in [5.74, 6) is -1.49. The van der Waals surface area contributed by atoms with E-state index in [9.17, 15) is 19.5 Å². The van der Waals surface area contributed by atoms with E-state index in [-0.39, 0.29) is 18.9 Å². The molecule has 172 valence electrons. The molecule has 0 saturated carbocycles. The van der Waals surface area contributed by atoms with Gasteiger partial charge in [0.15, 0.2) is 0 Å². The summed E-state index contributed by atoms with van der Waals surface area (Å²) in [5.41, 5.74) is 1.90. The number of rotatable bonds is 13. The molecule has 2 atom stereocenters. The molecular formula is C24H30N2O5S. The number of hydrogen-bond acceptors (Lipinski definition) is 5. The van der Waals surface area contributed by atoms with E-state index in [0.29, 0.717) is 31.6 Å². The average Bonchev–Trinajstić information content (AvgIpc) is 2.81. The predicted octanol–water partition coefficient (Wildman–Crippen LogP) is 3.44. The minimum Gasteiger partial charge on any atom is -0.480 e. The van der Waals surface area contributed by atoms with Gasteiger partial charge in [-0.25, -0.2) is 9.59 Å². The molecule has 0 aliphatic carbocycles. The van der Waals surface area contributed by atoms with Crippen molar-refractivity contribution in [2.24, 2.45) is 5.92 Å². The molecule has 32 heavy (non-hydrogen) atoms. The molecule has 0 heterocycles. The van der Waals surface area contributed by atoms with Crippen molar-refractivity contribution in [3.63, 3.8) is 0 Å².